The van der Waals surface area contributed by atoms with Crippen LogP contribution in [0.2, 0.25) is 5.02 Å². The van der Waals surface area contributed by atoms with Gasteiger partial charge in [0.2, 0.25) is 0 Å². The smallest absolute Gasteiger partial charge is 0.287 e. The second-order valence-electron chi connectivity index (χ2n) is 5.90. The van der Waals surface area contributed by atoms with E-state index in [9.17, 15) is 10.1 Å². The van der Waals surface area contributed by atoms with Gasteiger partial charge in [-0.3, -0.25) is 15.5 Å². The summed E-state index contributed by atoms with van der Waals surface area (Å²) in [7, 11) is 0. The summed E-state index contributed by atoms with van der Waals surface area (Å²) in [6.07, 6.45) is 2.66. The van der Waals surface area contributed by atoms with Crippen LogP contribution >= 0.6 is 27.5 Å². The van der Waals surface area contributed by atoms with Crippen molar-refractivity contribution < 1.29 is 9.66 Å². The quantitative estimate of drug-likeness (QED) is 0.275. The number of aromatic nitrogens is 1. The Morgan fingerprint density at radius 3 is 2.80 bits per heavy atom. The number of nitrogens with zero attached hydrogens (tertiary/aromatic N) is 4. The van der Waals surface area contributed by atoms with E-state index in [1.807, 2.05) is 12.1 Å². The SMILES string of the molecule is N#Cc1ccccc1COc1c(Cl)cc(/C=N\Nc2ccc([N+](=O)[O-])cn2)cc1Br. The first-order valence-corrected chi connectivity index (χ1v) is 9.64. The molecule has 1 aromatic heterocycles. The molecule has 0 aliphatic heterocycles. The van der Waals surface area contributed by atoms with Crippen LogP contribution in [-0.2, 0) is 6.61 Å². The molecule has 0 unspecified atom stereocenters. The molecule has 2 aromatic carbocycles. The standard InChI is InChI=1S/C20H13BrClN5O3/c21-17-7-13(10-25-26-19-6-5-16(11-24-19)27(28)29)8-18(22)20(17)30-12-15-4-2-1-3-14(15)9-23/h1-8,10-11H,12H2,(H,24,26)/b25-10-. The lowest BCUT2D eigenvalue weighted by Gasteiger charge is -2.12. The van der Waals surface area contributed by atoms with Crippen molar-refractivity contribution in [1.82, 2.24) is 4.98 Å². The van der Waals surface area contributed by atoms with Crippen LogP contribution in [0.3, 0.4) is 0 Å². The van der Waals surface area contributed by atoms with Gasteiger partial charge in [0, 0.05) is 11.6 Å². The second kappa shape index (κ2) is 9.82. The topological polar surface area (TPSA) is 113 Å². The number of nitro groups is 1. The third kappa shape index (κ3) is 5.31. The van der Waals surface area contributed by atoms with Gasteiger partial charge >= 0.3 is 0 Å². The number of ether oxygens (including phenoxy) is 1. The van der Waals surface area contributed by atoms with E-state index in [1.54, 1.807) is 24.3 Å². The number of anilines is 1. The molecule has 0 saturated carbocycles. The van der Waals surface area contributed by atoms with Crippen molar-refractivity contribution in [2.75, 3.05) is 5.43 Å². The van der Waals surface area contributed by atoms with Crippen molar-refractivity contribution >= 4 is 45.3 Å². The third-order valence-electron chi connectivity index (χ3n) is 3.88. The van der Waals surface area contributed by atoms with E-state index in [4.69, 9.17) is 21.6 Å². The fraction of sp³-hybridized carbons (Fsp3) is 0.0500. The Morgan fingerprint density at radius 1 is 1.33 bits per heavy atom. The van der Waals surface area contributed by atoms with Gasteiger partial charge in [-0.1, -0.05) is 29.8 Å². The minimum Gasteiger partial charge on any atom is -0.486 e. The Morgan fingerprint density at radius 2 is 2.13 bits per heavy atom. The van der Waals surface area contributed by atoms with E-state index in [-0.39, 0.29) is 12.3 Å². The molecule has 0 aliphatic carbocycles. The van der Waals surface area contributed by atoms with Gasteiger partial charge in [0.05, 0.1) is 32.3 Å². The van der Waals surface area contributed by atoms with Gasteiger partial charge in [-0.2, -0.15) is 10.4 Å². The number of rotatable bonds is 7. The van der Waals surface area contributed by atoms with Crippen molar-refractivity contribution in [3.05, 3.63) is 91.0 Å². The van der Waals surface area contributed by atoms with Crippen molar-refractivity contribution in [1.29, 1.82) is 5.26 Å². The lowest BCUT2D eigenvalue weighted by molar-refractivity contribution is -0.385. The van der Waals surface area contributed by atoms with Gasteiger partial charge in [0.15, 0.2) is 5.75 Å². The second-order valence-corrected chi connectivity index (χ2v) is 7.16. The summed E-state index contributed by atoms with van der Waals surface area (Å²) in [6, 6.07) is 15.5. The molecule has 0 aliphatic rings. The predicted octanol–water partition coefficient (Wildman–Crippen LogP) is 5.30. The molecule has 0 spiro atoms. The highest BCUT2D eigenvalue weighted by atomic mass is 79.9. The van der Waals surface area contributed by atoms with E-state index >= 15 is 0 Å². The number of hydrazone groups is 1. The first kappa shape index (κ1) is 21.2. The average molecular weight is 487 g/mol. The summed E-state index contributed by atoms with van der Waals surface area (Å²) in [6.45, 7) is 0.197. The number of hydrogen-bond donors (Lipinski definition) is 1. The van der Waals surface area contributed by atoms with E-state index in [1.165, 1.54) is 18.3 Å². The van der Waals surface area contributed by atoms with Crippen LogP contribution in [0.25, 0.3) is 0 Å². The van der Waals surface area contributed by atoms with Crippen molar-refractivity contribution in [2.24, 2.45) is 5.10 Å². The molecule has 0 bridgehead atoms. The zero-order valence-corrected chi connectivity index (χ0v) is 17.6. The highest BCUT2D eigenvalue weighted by molar-refractivity contribution is 9.10. The molecule has 10 heteroatoms. The fourth-order valence-corrected chi connectivity index (χ4v) is 3.42. The van der Waals surface area contributed by atoms with Gasteiger partial charge in [-0.25, -0.2) is 4.98 Å². The summed E-state index contributed by atoms with van der Waals surface area (Å²) in [5, 5.41) is 24.2. The molecule has 3 aromatic rings. The Hall–Kier alpha value is -3.48. The minimum atomic E-state index is -0.526. The number of benzene rings is 2. The summed E-state index contributed by atoms with van der Waals surface area (Å²) >= 11 is 9.77. The van der Waals surface area contributed by atoms with Crippen LogP contribution in [0.4, 0.5) is 11.5 Å². The molecule has 3 rings (SSSR count). The first-order chi connectivity index (χ1) is 14.5. The molecule has 0 fully saturated rings. The van der Waals surface area contributed by atoms with Gasteiger partial charge in [0.25, 0.3) is 5.69 Å². The number of nitriles is 1. The molecule has 30 heavy (non-hydrogen) atoms. The van der Waals surface area contributed by atoms with Gasteiger partial charge in [0.1, 0.15) is 18.6 Å². The fourth-order valence-electron chi connectivity index (χ4n) is 2.43. The Bertz CT molecular complexity index is 1120. The zero-order chi connectivity index (χ0) is 21.5. The zero-order valence-electron chi connectivity index (χ0n) is 15.3. The lowest BCUT2D eigenvalue weighted by atomic mass is 10.1. The van der Waals surface area contributed by atoms with Crippen LogP contribution in [0, 0.1) is 21.4 Å². The van der Waals surface area contributed by atoms with E-state index in [0.29, 0.717) is 32.2 Å². The number of pyridine rings is 1. The third-order valence-corrected chi connectivity index (χ3v) is 4.75. The number of nitrogens with one attached hydrogen (secondary N) is 1. The monoisotopic (exact) mass is 485 g/mol. The molecule has 8 nitrogen and oxygen atoms in total. The molecule has 0 saturated heterocycles. The molecule has 0 amide bonds. The Balaban J connectivity index is 1.67. The predicted molar refractivity (Wildman–Crippen MR) is 117 cm³/mol. The molecule has 1 heterocycles. The van der Waals surface area contributed by atoms with Crippen molar-refractivity contribution in [3.63, 3.8) is 0 Å². The van der Waals surface area contributed by atoms with E-state index in [2.05, 4.69) is 37.5 Å². The summed E-state index contributed by atoms with van der Waals surface area (Å²) in [4.78, 5) is 14.0. The van der Waals surface area contributed by atoms with E-state index < -0.39 is 4.92 Å². The normalized spacial score (nSPS) is 10.6. The van der Waals surface area contributed by atoms with Crippen LogP contribution < -0.4 is 10.2 Å². The van der Waals surface area contributed by atoms with Gasteiger partial charge < -0.3 is 4.74 Å². The molecular formula is C20H13BrClN5O3. The van der Waals surface area contributed by atoms with Crippen molar-refractivity contribution in [3.8, 4) is 11.8 Å². The molecule has 0 atom stereocenters. The maximum Gasteiger partial charge on any atom is 0.287 e. The summed E-state index contributed by atoms with van der Waals surface area (Å²) < 4.78 is 6.42. The lowest BCUT2D eigenvalue weighted by Crippen LogP contribution is -2.00. The minimum absolute atomic E-state index is 0.103. The molecular weight excluding hydrogens is 474 g/mol. The number of halogens is 2. The first-order valence-electron chi connectivity index (χ1n) is 8.47. The highest BCUT2D eigenvalue weighted by Gasteiger charge is 2.11. The van der Waals surface area contributed by atoms with Crippen molar-refractivity contribution in [2.45, 2.75) is 6.61 Å². The van der Waals surface area contributed by atoms with Crippen LogP contribution in [0.15, 0.2) is 64.3 Å². The maximum atomic E-state index is 10.6. The van der Waals surface area contributed by atoms with Crippen LogP contribution in [0.5, 0.6) is 5.75 Å². The Labute approximate surface area is 185 Å². The highest BCUT2D eigenvalue weighted by Crippen LogP contribution is 2.35. The summed E-state index contributed by atoms with van der Waals surface area (Å²) in [5.74, 6) is 0.810. The van der Waals surface area contributed by atoms with Crippen LogP contribution in [-0.4, -0.2) is 16.1 Å². The molecule has 150 valence electrons. The maximum absolute atomic E-state index is 10.6. The van der Waals surface area contributed by atoms with Gasteiger partial charge in [-0.05, 0) is 45.8 Å². The molecule has 0 radical (unpaired) electrons. The van der Waals surface area contributed by atoms with Crippen LogP contribution in [0.1, 0.15) is 16.7 Å². The summed E-state index contributed by atoms with van der Waals surface area (Å²) in [5.41, 5.74) is 4.57. The van der Waals surface area contributed by atoms with Gasteiger partial charge in [-0.15, -0.1) is 0 Å². The number of hydrogen-bond acceptors (Lipinski definition) is 7. The molecule has 1 N–H and O–H groups in total. The largest absolute Gasteiger partial charge is 0.486 e. The van der Waals surface area contributed by atoms with E-state index in [0.717, 1.165) is 11.8 Å². The Kier molecular flexibility index (Phi) is 6.95. The average Bonchev–Trinajstić information content (AvgIpc) is 2.74.